The van der Waals surface area contributed by atoms with Crippen molar-refractivity contribution >= 4 is 11.3 Å². The van der Waals surface area contributed by atoms with Gasteiger partial charge in [-0.15, -0.1) is 0 Å². The molecule has 0 spiro atoms. The van der Waals surface area contributed by atoms with Crippen molar-refractivity contribution < 1.29 is 14.6 Å². The van der Waals surface area contributed by atoms with Gasteiger partial charge in [0.2, 0.25) is 0 Å². The third kappa shape index (κ3) is 3.32. The molecule has 0 saturated heterocycles. The lowest BCUT2D eigenvalue weighted by Crippen LogP contribution is -2.32. The van der Waals surface area contributed by atoms with Crippen molar-refractivity contribution in [3.8, 4) is 22.6 Å². The molecule has 3 aromatic carbocycles. The average molecular weight is 456 g/mol. The number of hydrogen-bond donors (Lipinski definition) is 2. The van der Waals surface area contributed by atoms with Crippen molar-refractivity contribution in [1.29, 1.82) is 0 Å². The van der Waals surface area contributed by atoms with E-state index in [9.17, 15) is 5.11 Å². The zero-order chi connectivity index (χ0) is 24.4. The first kappa shape index (κ1) is 22.5. The Morgan fingerprint density at radius 3 is 2.47 bits per heavy atom. The lowest BCUT2D eigenvalue weighted by atomic mass is 9.78. The summed E-state index contributed by atoms with van der Waals surface area (Å²) < 4.78 is 12.6. The zero-order valence-electron chi connectivity index (χ0n) is 21.1. The van der Waals surface area contributed by atoms with E-state index in [-0.39, 0.29) is 18.2 Å². The maximum atomic E-state index is 10.1. The normalized spacial score (nSPS) is 17.5. The fourth-order valence-corrected chi connectivity index (χ4v) is 5.77. The summed E-state index contributed by atoms with van der Waals surface area (Å²) in [4.78, 5) is 0. The summed E-state index contributed by atoms with van der Waals surface area (Å²) in [5.74, 6) is 1.62. The van der Waals surface area contributed by atoms with Gasteiger partial charge in [-0.1, -0.05) is 24.3 Å². The van der Waals surface area contributed by atoms with Crippen LogP contribution in [0.3, 0.4) is 0 Å². The van der Waals surface area contributed by atoms with Gasteiger partial charge >= 0.3 is 0 Å². The Hall–Kier alpha value is -3.24. The molecule has 1 atom stereocenters. The highest BCUT2D eigenvalue weighted by Gasteiger charge is 2.37. The predicted octanol–water partition coefficient (Wildman–Crippen LogP) is 6.87. The number of hydrogen-bond acceptors (Lipinski definition) is 4. The maximum Gasteiger partial charge on any atom is 0.151 e. The highest BCUT2D eigenvalue weighted by molar-refractivity contribution is 5.92. The van der Waals surface area contributed by atoms with Crippen LogP contribution < -0.4 is 14.8 Å². The topological polar surface area (TPSA) is 50.7 Å². The molecular formula is C30H33NO3. The van der Waals surface area contributed by atoms with Crippen LogP contribution in [-0.2, 0) is 6.61 Å². The molecule has 4 nitrogen and oxygen atoms in total. The molecule has 5 rings (SSSR count). The van der Waals surface area contributed by atoms with Crippen molar-refractivity contribution in [3.63, 3.8) is 0 Å². The number of fused-ring (bicyclic) bond motifs is 5. The minimum absolute atomic E-state index is 0.00547. The van der Waals surface area contributed by atoms with Crippen LogP contribution in [0.15, 0.2) is 42.5 Å². The molecule has 1 unspecified atom stereocenters. The highest BCUT2D eigenvalue weighted by Crippen LogP contribution is 2.54. The van der Waals surface area contributed by atoms with Crippen molar-refractivity contribution in [3.05, 3.63) is 81.4 Å². The van der Waals surface area contributed by atoms with Gasteiger partial charge in [-0.05, 0) is 93.1 Å². The van der Waals surface area contributed by atoms with E-state index in [4.69, 9.17) is 9.47 Å². The van der Waals surface area contributed by atoms with Gasteiger partial charge in [-0.25, -0.2) is 0 Å². The number of aliphatic hydroxyl groups is 1. The number of nitrogens with one attached hydrogen (secondary N) is 1. The Kier molecular flexibility index (Phi) is 5.25. The Morgan fingerprint density at radius 1 is 1.00 bits per heavy atom. The molecule has 0 aliphatic carbocycles. The number of anilines is 1. The number of aliphatic hydroxyl groups excluding tert-OH is 1. The number of ether oxygens (including phenoxy) is 2. The van der Waals surface area contributed by atoms with Crippen molar-refractivity contribution in [2.45, 2.75) is 59.8 Å². The molecule has 34 heavy (non-hydrogen) atoms. The number of aryl methyl sites for hydroxylation is 1. The van der Waals surface area contributed by atoms with Gasteiger partial charge in [-0.3, -0.25) is 0 Å². The van der Waals surface area contributed by atoms with Crippen LogP contribution in [0, 0.1) is 20.8 Å². The first-order valence-corrected chi connectivity index (χ1v) is 11.9. The van der Waals surface area contributed by atoms with Crippen molar-refractivity contribution in [2.24, 2.45) is 0 Å². The van der Waals surface area contributed by atoms with Crippen molar-refractivity contribution in [2.75, 3.05) is 12.4 Å². The molecule has 4 heteroatoms. The van der Waals surface area contributed by atoms with E-state index in [0.717, 1.165) is 56.1 Å². The van der Waals surface area contributed by atoms with Gasteiger partial charge in [0, 0.05) is 22.4 Å². The average Bonchev–Trinajstić information content (AvgIpc) is 2.79. The molecule has 2 aliphatic heterocycles. The molecule has 0 aromatic heterocycles. The molecule has 2 heterocycles. The van der Waals surface area contributed by atoms with Gasteiger partial charge in [0.25, 0.3) is 0 Å². The minimum atomic E-state index is -0.305. The smallest absolute Gasteiger partial charge is 0.151 e. The molecule has 0 bridgehead atoms. The van der Waals surface area contributed by atoms with E-state index < -0.39 is 0 Å². The molecule has 3 aromatic rings. The number of allylic oxidation sites excluding steroid dienone is 1. The van der Waals surface area contributed by atoms with E-state index in [2.05, 4.69) is 71.1 Å². The van der Waals surface area contributed by atoms with Crippen LogP contribution in [0.25, 0.3) is 16.7 Å². The summed E-state index contributed by atoms with van der Waals surface area (Å²) in [5, 5.41) is 13.8. The molecule has 0 radical (unpaired) electrons. The molecule has 0 amide bonds. The molecule has 176 valence electrons. The molecule has 2 aliphatic rings. The van der Waals surface area contributed by atoms with E-state index in [1.165, 1.54) is 16.7 Å². The SMILES string of the molecule is COc1cccc2c1-c1ccc3c(c1C(c1c(C)c(C)cc(CO)c1C)O2)C(C)=CC(C)(C)N3. The number of methoxy groups -OCH3 is 1. The summed E-state index contributed by atoms with van der Waals surface area (Å²) >= 11 is 0. The van der Waals surface area contributed by atoms with Gasteiger partial charge in [0.05, 0.1) is 24.8 Å². The Balaban J connectivity index is 1.89. The standard InChI is InChI=1S/C30H33NO3/c1-16-13-20(15-32)19(4)26(18(16)3)29-28-21(27-23(33-7)9-8-10-24(27)34-29)11-12-22-25(28)17(2)14-30(5,6)31-22/h8-14,29,31-32H,15H2,1-7H3. The number of rotatable bonds is 3. The number of benzene rings is 3. The highest BCUT2D eigenvalue weighted by atomic mass is 16.5. The van der Waals surface area contributed by atoms with Gasteiger partial charge in [0.1, 0.15) is 11.5 Å². The molecule has 0 saturated carbocycles. The summed E-state index contributed by atoms with van der Waals surface area (Å²) in [7, 11) is 1.71. The third-order valence-electron chi connectivity index (χ3n) is 7.36. The van der Waals surface area contributed by atoms with Crippen LogP contribution in [-0.4, -0.2) is 17.8 Å². The van der Waals surface area contributed by atoms with Gasteiger partial charge < -0.3 is 19.9 Å². The largest absolute Gasteiger partial charge is 0.496 e. The quantitative estimate of drug-likeness (QED) is 0.452. The zero-order valence-corrected chi connectivity index (χ0v) is 21.1. The third-order valence-corrected chi connectivity index (χ3v) is 7.36. The second-order valence-electron chi connectivity index (χ2n) is 10.1. The molecule has 2 N–H and O–H groups in total. The second kappa shape index (κ2) is 7.92. The maximum absolute atomic E-state index is 10.1. The van der Waals surface area contributed by atoms with Gasteiger partial charge in [-0.2, -0.15) is 0 Å². The Labute approximate surface area is 202 Å². The summed E-state index contributed by atoms with van der Waals surface area (Å²) in [6, 6.07) is 12.4. The lowest BCUT2D eigenvalue weighted by Gasteiger charge is -2.38. The van der Waals surface area contributed by atoms with Gasteiger partial charge in [0.15, 0.2) is 6.10 Å². The minimum Gasteiger partial charge on any atom is -0.496 e. The van der Waals surface area contributed by atoms with E-state index in [1.807, 2.05) is 18.2 Å². The Bertz CT molecular complexity index is 1350. The summed E-state index contributed by atoms with van der Waals surface area (Å²) in [6.45, 7) is 12.9. The van der Waals surface area contributed by atoms with Crippen molar-refractivity contribution in [1.82, 2.24) is 0 Å². The molecule has 0 fully saturated rings. The fourth-order valence-electron chi connectivity index (χ4n) is 5.77. The summed E-state index contributed by atoms with van der Waals surface area (Å²) in [5.41, 5.74) is 12.2. The summed E-state index contributed by atoms with van der Waals surface area (Å²) in [6.07, 6.45) is 1.99. The predicted molar refractivity (Wildman–Crippen MR) is 139 cm³/mol. The monoisotopic (exact) mass is 455 g/mol. The Morgan fingerprint density at radius 2 is 1.76 bits per heavy atom. The van der Waals surface area contributed by atoms with Crippen LogP contribution in [0.1, 0.15) is 65.8 Å². The van der Waals surface area contributed by atoms with E-state index in [0.29, 0.717) is 0 Å². The second-order valence-corrected chi connectivity index (χ2v) is 10.1. The van der Waals surface area contributed by atoms with Crippen LogP contribution in [0.2, 0.25) is 0 Å². The van der Waals surface area contributed by atoms with E-state index >= 15 is 0 Å². The lowest BCUT2D eigenvalue weighted by molar-refractivity contribution is 0.239. The fraction of sp³-hybridized carbons (Fsp3) is 0.333. The van der Waals surface area contributed by atoms with E-state index in [1.54, 1.807) is 7.11 Å². The first-order chi connectivity index (χ1) is 16.2. The van der Waals surface area contributed by atoms with Crippen LogP contribution in [0.4, 0.5) is 5.69 Å². The van der Waals surface area contributed by atoms with Crippen LogP contribution in [0.5, 0.6) is 11.5 Å². The van der Waals surface area contributed by atoms with Crippen LogP contribution >= 0.6 is 0 Å². The first-order valence-electron chi connectivity index (χ1n) is 11.9. The molecular weight excluding hydrogens is 422 g/mol.